The third kappa shape index (κ3) is 3.76. The number of Topliss-reactive ketones (excluding diaryl/α,β-unsaturated/α-hetero) is 1. The van der Waals surface area contributed by atoms with Crippen LogP contribution in [-0.2, 0) is 0 Å². The molecule has 0 spiro atoms. The molecule has 0 unspecified atom stereocenters. The molecule has 0 fully saturated rings. The van der Waals surface area contributed by atoms with Crippen LogP contribution in [0.15, 0.2) is 58.2 Å². The predicted octanol–water partition coefficient (Wildman–Crippen LogP) is 4.62. The molecule has 0 aliphatic rings. The molecule has 0 atom stereocenters. The highest BCUT2D eigenvalue weighted by atomic mass is 79.9. The van der Waals surface area contributed by atoms with Gasteiger partial charge in [-0.15, -0.1) is 10.2 Å². The minimum absolute atomic E-state index is 0.0674. The zero-order valence-electron chi connectivity index (χ0n) is 13.4. The maximum Gasteiger partial charge on any atom is 0.196 e. The lowest BCUT2D eigenvalue weighted by Crippen LogP contribution is -2.05. The monoisotopic (exact) mass is 401 g/mol. The molecule has 0 amide bonds. The average molecular weight is 402 g/mol. The van der Waals surface area contributed by atoms with E-state index in [2.05, 4.69) is 32.2 Å². The maximum atomic E-state index is 12.4. The van der Waals surface area contributed by atoms with Gasteiger partial charge >= 0.3 is 0 Å². The molecule has 0 N–H and O–H groups in total. The normalized spacial score (nSPS) is 10.8. The van der Waals surface area contributed by atoms with Crippen molar-refractivity contribution in [3.8, 4) is 5.69 Å². The summed E-state index contributed by atoms with van der Waals surface area (Å²) in [5.41, 5.74) is 2.87. The van der Waals surface area contributed by atoms with Crippen LogP contribution in [0.2, 0.25) is 0 Å². The molecular weight excluding hydrogens is 386 g/mol. The molecule has 1 heterocycles. The van der Waals surface area contributed by atoms with E-state index in [0.717, 1.165) is 21.1 Å². The van der Waals surface area contributed by atoms with Gasteiger partial charge in [0.15, 0.2) is 10.9 Å². The molecule has 0 saturated heterocycles. The van der Waals surface area contributed by atoms with Gasteiger partial charge < -0.3 is 0 Å². The number of carbonyl (C=O) groups excluding carboxylic acids is 1. The summed E-state index contributed by atoms with van der Waals surface area (Å²) in [5, 5.41) is 9.10. The number of benzene rings is 2. The van der Waals surface area contributed by atoms with Gasteiger partial charge in [-0.05, 0) is 43.7 Å². The van der Waals surface area contributed by atoms with E-state index in [4.69, 9.17) is 0 Å². The van der Waals surface area contributed by atoms with Crippen molar-refractivity contribution < 1.29 is 4.79 Å². The fourth-order valence-electron chi connectivity index (χ4n) is 2.38. The van der Waals surface area contributed by atoms with Crippen LogP contribution < -0.4 is 0 Å². The van der Waals surface area contributed by atoms with Crippen molar-refractivity contribution in [3.63, 3.8) is 0 Å². The van der Waals surface area contributed by atoms with Crippen LogP contribution in [-0.4, -0.2) is 26.3 Å². The molecule has 4 nitrogen and oxygen atoms in total. The van der Waals surface area contributed by atoms with Gasteiger partial charge in [-0.2, -0.15) is 0 Å². The number of aryl methyl sites for hydroxylation is 2. The van der Waals surface area contributed by atoms with Crippen LogP contribution >= 0.6 is 27.7 Å². The van der Waals surface area contributed by atoms with Crippen molar-refractivity contribution in [2.24, 2.45) is 0 Å². The molecule has 1 aromatic heterocycles. The Labute approximate surface area is 153 Å². The van der Waals surface area contributed by atoms with Crippen LogP contribution in [0.1, 0.15) is 21.7 Å². The van der Waals surface area contributed by atoms with Crippen molar-refractivity contribution >= 4 is 33.5 Å². The van der Waals surface area contributed by atoms with Crippen LogP contribution in [0, 0.1) is 13.8 Å². The molecule has 122 valence electrons. The number of carbonyl (C=O) groups is 1. The van der Waals surface area contributed by atoms with Gasteiger partial charge in [-0.3, -0.25) is 9.36 Å². The first-order valence-electron chi connectivity index (χ1n) is 7.45. The summed E-state index contributed by atoms with van der Waals surface area (Å²) >= 11 is 4.80. The minimum atomic E-state index is 0.0674. The zero-order chi connectivity index (χ0) is 17.1. The van der Waals surface area contributed by atoms with E-state index in [1.807, 2.05) is 60.9 Å². The first kappa shape index (κ1) is 16.9. The third-order valence-corrected chi connectivity index (χ3v) is 4.96. The highest BCUT2D eigenvalue weighted by Gasteiger charge is 2.14. The van der Waals surface area contributed by atoms with E-state index >= 15 is 0 Å². The molecular formula is C18H16BrN3OS. The standard InChI is InChI=1S/C18H16BrN3OS/c1-12-5-3-8-16(9-12)22-13(2)20-21-18(22)24-11-17(23)14-6-4-7-15(19)10-14/h3-10H,11H2,1-2H3. The van der Waals surface area contributed by atoms with E-state index in [1.165, 1.54) is 17.3 Å². The number of thioether (sulfide) groups is 1. The Hall–Kier alpha value is -1.92. The quantitative estimate of drug-likeness (QED) is 0.462. The summed E-state index contributed by atoms with van der Waals surface area (Å²) in [6.07, 6.45) is 0. The largest absolute Gasteiger partial charge is 0.293 e. The third-order valence-electron chi connectivity index (χ3n) is 3.53. The zero-order valence-corrected chi connectivity index (χ0v) is 15.8. The molecule has 0 aliphatic heterocycles. The number of aromatic nitrogens is 3. The number of ketones is 1. The fraction of sp³-hybridized carbons (Fsp3) is 0.167. The van der Waals surface area contributed by atoms with Crippen LogP contribution in [0.3, 0.4) is 0 Å². The Morgan fingerprint density at radius 3 is 2.67 bits per heavy atom. The molecule has 0 bridgehead atoms. The van der Waals surface area contributed by atoms with E-state index in [0.29, 0.717) is 11.3 Å². The number of halogens is 1. The topological polar surface area (TPSA) is 47.8 Å². The van der Waals surface area contributed by atoms with E-state index in [9.17, 15) is 4.79 Å². The van der Waals surface area contributed by atoms with Gasteiger partial charge in [0.25, 0.3) is 0 Å². The van der Waals surface area contributed by atoms with Crippen LogP contribution in [0.25, 0.3) is 5.69 Å². The second kappa shape index (κ2) is 7.32. The van der Waals surface area contributed by atoms with Crippen molar-refractivity contribution in [2.75, 3.05) is 5.75 Å². The Balaban J connectivity index is 1.80. The maximum absolute atomic E-state index is 12.4. The predicted molar refractivity (Wildman–Crippen MR) is 100 cm³/mol. The first-order chi connectivity index (χ1) is 11.5. The second-order valence-corrected chi connectivity index (χ2v) is 7.28. The van der Waals surface area contributed by atoms with E-state index < -0.39 is 0 Å². The molecule has 0 saturated carbocycles. The lowest BCUT2D eigenvalue weighted by atomic mass is 10.2. The average Bonchev–Trinajstić information content (AvgIpc) is 2.93. The summed E-state index contributed by atoms with van der Waals surface area (Å²) in [7, 11) is 0. The molecule has 0 aliphatic carbocycles. The van der Waals surface area contributed by atoms with Gasteiger partial charge in [0.05, 0.1) is 5.75 Å². The lowest BCUT2D eigenvalue weighted by Gasteiger charge is -2.09. The van der Waals surface area contributed by atoms with Crippen LogP contribution in [0.5, 0.6) is 0 Å². The van der Waals surface area contributed by atoms with Crippen molar-refractivity contribution in [1.29, 1.82) is 0 Å². The highest BCUT2D eigenvalue weighted by Crippen LogP contribution is 2.23. The molecule has 6 heteroatoms. The molecule has 3 aromatic rings. The Morgan fingerprint density at radius 2 is 1.92 bits per heavy atom. The Morgan fingerprint density at radius 1 is 1.12 bits per heavy atom. The fourth-order valence-corrected chi connectivity index (χ4v) is 3.67. The minimum Gasteiger partial charge on any atom is -0.293 e. The van der Waals surface area contributed by atoms with Gasteiger partial charge in [0.1, 0.15) is 5.82 Å². The molecule has 24 heavy (non-hydrogen) atoms. The van der Waals surface area contributed by atoms with Crippen LogP contribution in [0.4, 0.5) is 0 Å². The Bertz CT molecular complexity index is 891. The highest BCUT2D eigenvalue weighted by molar-refractivity contribution is 9.10. The number of hydrogen-bond acceptors (Lipinski definition) is 4. The number of nitrogens with zero attached hydrogens (tertiary/aromatic N) is 3. The molecule has 0 radical (unpaired) electrons. The molecule has 3 rings (SSSR count). The summed E-state index contributed by atoms with van der Waals surface area (Å²) in [6.45, 7) is 3.96. The SMILES string of the molecule is Cc1cccc(-n2c(C)nnc2SCC(=O)c2cccc(Br)c2)c1. The van der Waals surface area contributed by atoms with Crippen molar-refractivity contribution in [2.45, 2.75) is 19.0 Å². The van der Waals surface area contributed by atoms with E-state index in [1.54, 1.807) is 0 Å². The van der Waals surface area contributed by atoms with Gasteiger partial charge in [0.2, 0.25) is 0 Å². The van der Waals surface area contributed by atoms with Crippen molar-refractivity contribution in [3.05, 3.63) is 70.0 Å². The van der Waals surface area contributed by atoms with Crippen molar-refractivity contribution in [1.82, 2.24) is 14.8 Å². The smallest absolute Gasteiger partial charge is 0.196 e. The lowest BCUT2D eigenvalue weighted by molar-refractivity contribution is 0.102. The van der Waals surface area contributed by atoms with Gasteiger partial charge in [-0.1, -0.05) is 52.0 Å². The number of rotatable bonds is 5. The van der Waals surface area contributed by atoms with Gasteiger partial charge in [0, 0.05) is 15.7 Å². The number of hydrogen-bond donors (Lipinski definition) is 0. The Kier molecular flexibility index (Phi) is 5.16. The second-order valence-electron chi connectivity index (χ2n) is 5.43. The summed E-state index contributed by atoms with van der Waals surface area (Å²) < 4.78 is 2.88. The summed E-state index contributed by atoms with van der Waals surface area (Å²) in [6, 6.07) is 15.6. The van der Waals surface area contributed by atoms with E-state index in [-0.39, 0.29) is 5.78 Å². The molecule has 2 aromatic carbocycles. The summed E-state index contributed by atoms with van der Waals surface area (Å²) in [5.74, 6) is 1.19. The first-order valence-corrected chi connectivity index (χ1v) is 9.23. The van der Waals surface area contributed by atoms with Gasteiger partial charge in [-0.25, -0.2) is 0 Å². The summed E-state index contributed by atoms with van der Waals surface area (Å²) in [4.78, 5) is 12.4.